The van der Waals surface area contributed by atoms with E-state index in [0.717, 1.165) is 31.7 Å². The van der Waals surface area contributed by atoms with Crippen LogP contribution in [-0.2, 0) is 12.8 Å². The van der Waals surface area contributed by atoms with E-state index in [4.69, 9.17) is 0 Å². The van der Waals surface area contributed by atoms with E-state index in [0.29, 0.717) is 34.7 Å². The van der Waals surface area contributed by atoms with Gasteiger partial charge in [0.15, 0.2) is 0 Å². The van der Waals surface area contributed by atoms with Gasteiger partial charge in [-0.1, -0.05) is 12.1 Å². The van der Waals surface area contributed by atoms with E-state index in [1.54, 1.807) is 12.1 Å². The van der Waals surface area contributed by atoms with Crippen LogP contribution in [0.3, 0.4) is 0 Å². The Kier molecular flexibility index (Phi) is 5.32. The third kappa shape index (κ3) is 3.80. The van der Waals surface area contributed by atoms with Crippen LogP contribution in [0.4, 0.5) is 0 Å². The molecule has 1 spiro atoms. The molecule has 5 aliphatic rings. The van der Waals surface area contributed by atoms with Crippen LogP contribution in [0.25, 0.3) is 0 Å². The normalized spacial score (nSPS) is 33.7. The molecule has 5 atom stereocenters. The molecule has 2 saturated carbocycles. The van der Waals surface area contributed by atoms with Gasteiger partial charge in [0.05, 0.1) is 0 Å². The van der Waals surface area contributed by atoms with Gasteiger partial charge in [0.25, 0.3) is 5.91 Å². The molecule has 7 rings (SSSR count). The number of fused-ring (bicyclic) bond motifs is 1. The Bertz CT molecular complexity index is 1240. The van der Waals surface area contributed by atoms with E-state index in [9.17, 15) is 14.7 Å². The molecule has 6 nitrogen and oxygen atoms in total. The number of aromatic nitrogens is 1. The second-order valence-corrected chi connectivity index (χ2v) is 12.4. The average molecular weight is 488 g/mol. The van der Waals surface area contributed by atoms with Gasteiger partial charge in [0, 0.05) is 31.2 Å². The Balaban J connectivity index is 1.29. The van der Waals surface area contributed by atoms with Crippen molar-refractivity contribution in [2.45, 2.75) is 69.9 Å². The van der Waals surface area contributed by atoms with Crippen molar-refractivity contribution in [3.05, 3.63) is 63.6 Å². The molecule has 3 heterocycles. The minimum Gasteiger partial charge on any atom is -0.508 e. The van der Waals surface area contributed by atoms with Gasteiger partial charge in [-0.05, 0) is 117 Å². The Hall–Kier alpha value is -2.60. The number of aromatic hydroxyl groups is 1. The Morgan fingerprint density at radius 3 is 2.81 bits per heavy atom. The fourth-order valence-electron chi connectivity index (χ4n) is 8.51. The topological polar surface area (TPSA) is 76.6 Å². The van der Waals surface area contributed by atoms with Crippen molar-refractivity contribution < 1.29 is 9.90 Å². The molecular weight excluding hydrogens is 450 g/mol. The van der Waals surface area contributed by atoms with Crippen molar-refractivity contribution in [3.8, 4) is 5.75 Å². The quantitative estimate of drug-likeness (QED) is 0.687. The first-order valence-electron chi connectivity index (χ1n) is 14.0. The van der Waals surface area contributed by atoms with Crippen molar-refractivity contribution in [3.63, 3.8) is 0 Å². The smallest absolute Gasteiger partial charge is 0.270 e. The lowest BCUT2D eigenvalue weighted by Crippen LogP contribution is -2.55. The summed E-state index contributed by atoms with van der Waals surface area (Å²) in [6, 6.07) is 11.6. The van der Waals surface area contributed by atoms with E-state index in [1.807, 2.05) is 12.1 Å². The Labute approximate surface area is 212 Å². The number of phenols is 1. The zero-order valence-electron chi connectivity index (χ0n) is 21.0. The average Bonchev–Trinajstić information content (AvgIpc) is 3.62. The van der Waals surface area contributed by atoms with Crippen LogP contribution in [-0.4, -0.2) is 57.5 Å². The van der Waals surface area contributed by atoms with Crippen molar-refractivity contribution in [2.75, 3.05) is 19.6 Å². The van der Waals surface area contributed by atoms with E-state index in [-0.39, 0.29) is 17.5 Å². The van der Waals surface area contributed by atoms with Crippen LogP contribution in [0, 0.1) is 23.2 Å². The van der Waals surface area contributed by atoms with E-state index >= 15 is 0 Å². The lowest BCUT2D eigenvalue weighted by molar-refractivity contribution is -0.0160. The molecule has 36 heavy (non-hydrogen) atoms. The molecule has 1 amide bonds. The van der Waals surface area contributed by atoms with Gasteiger partial charge in [-0.15, -0.1) is 0 Å². The van der Waals surface area contributed by atoms with Gasteiger partial charge < -0.3 is 15.0 Å². The molecule has 0 radical (unpaired) electrons. The molecule has 2 aromatic rings. The van der Waals surface area contributed by atoms with E-state index in [1.165, 1.54) is 68.8 Å². The number of phenolic OH excluding ortho intramolecular Hbond substituents is 1. The van der Waals surface area contributed by atoms with Crippen molar-refractivity contribution in [1.29, 1.82) is 0 Å². The van der Waals surface area contributed by atoms with Crippen LogP contribution in [0.5, 0.6) is 5.75 Å². The van der Waals surface area contributed by atoms with Crippen LogP contribution >= 0.6 is 0 Å². The van der Waals surface area contributed by atoms with Gasteiger partial charge in [-0.2, -0.15) is 0 Å². The van der Waals surface area contributed by atoms with Gasteiger partial charge in [-0.25, -0.2) is 0 Å². The summed E-state index contributed by atoms with van der Waals surface area (Å²) in [6.07, 6.45) is 10.7. The lowest BCUT2D eigenvalue weighted by Gasteiger charge is -2.52. The highest BCUT2D eigenvalue weighted by molar-refractivity contribution is 5.92. The fraction of sp³-hybridized carbons (Fsp3) is 0.600. The summed E-state index contributed by atoms with van der Waals surface area (Å²) in [5.74, 6) is 2.03. The van der Waals surface area contributed by atoms with Gasteiger partial charge in [0.1, 0.15) is 11.4 Å². The second-order valence-electron chi connectivity index (χ2n) is 12.4. The zero-order chi connectivity index (χ0) is 24.4. The first-order chi connectivity index (χ1) is 17.5. The summed E-state index contributed by atoms with van der Waals surface area (Å²) in [4.78, 5) is 33.3. The number of pyridine rings is 1. The fourth-order valence-corrected chi connectivity index (χ4v) is 8.51. The third-order valence-corrected chi connectivity index (χ3v) is 10.3. The third-order valence-electron chi connectivity index (χ3n) is 10.3. The highest BCUT2D eigenvalue weighted by atomic mass is 16.3. The van der Waals surface area contributed by atoms with Crippen LogP contribution < -0.4 is 5.56 Å². The van der Waals surface area contributed by atoms with Gasteiger partial charge >= 0.3 is 0 Å². The summed E-state index contributed by atoms with van der Waals surface area (Å²) in [5.41, 5.74) is 3.14. The van der Waals surface area contributed by atoms with Crippen LogP contribution in [0.1, 0.15) is 66.6 Å². The number of aromatic amines is 1. The van der Waals surface area contributed by atoms with Crippen molar-refractivity contribution in [1.82, 2.24) is 14.8 Å². The first kappa shape index (κ1) is 22.6. The number of hydrogen-bond donors (Lipinski definition) is 2. The molecule has 2 aliphatic heterocycles. The minimum absolute atomic E-state index is 0.0371. The summed E-state index contributed by atoms with van der Waals surface area (Å²) in [7, 11) is 0. The number of nitrogens with zero attached hydrogens (tertiary/aromatic N) is 2. The Morgan fingerprint density at radius 2 is 1.97 bits per heavy atom. The molecule has 6 heteroatoms. The molecule has 2 saturated heterocycles. The Morgan fingerprint density at radius 1 is 1.08 bits per heavy atom. The van der Waals surface area contributed by atoms with Crippen molar-refractivity contribution in [2.24, 2.45) is 23.2 Å². The SMILES string of the molecule is O=C(c1cccc(=O)[nH]1)N1C[C@H]2CC34CCCN(CC5CC5)C3Cc3ccc(O)cc3CC2[C@@H]1CC4. The maximum absolute atomic E-state index is 13.6. The highest BCUT2D eigenvalue weighted by Crippen LogP contribution is 2.55. The van der Waals surface area contributed by atoms with Crippen LogP contribution in [0.2, 0.25) is 0 Å². The predicted molar refractivity (Wildman–Crippen MR) is 138 cm³/mol. The number of carbonyl (C=O) groups excluding carboxylic acids is 1. The summed E-state index contributed by atoms with van der Waals surface area (Å²) in [6.45, 7) is 3.22. The molecule has 3 aliphatic carbocycles. The number of H-pyrrole nitrogens is 1. The molecule has 2 N–H and O–H groups in total. The molecule has 1 aromatic heterocycles. The number of amides is 1. The zero-order valence-corrected chi connectivity index (χ0v) is 21.0. The van der Waals surface area contributed by atoms with Gasteiger partial charge in [0.2, 0.25) is 5.56 Å². The number of benzene rings is 1. The molecule has 3 unspecified atom stereocenters. The highest BCUT2D eigenvalue weighted by Gasteiger charge is 2.55. The number of nitrogens with one attached hydrogen (secondary N) is 1. The van der Waals surface area contributed by atoms with E-state index < -0.39 is 0 Å². The van der Waals surface area contributed by atoms with E-state index in [2.05, 4.69) is 20.9 Å². The van der Waals surface area contributed by atoms with Crippen LogP contribution in [0.15, 0.2) is 41.2 Å². The number of likely N-dealkylation sites (tertiary alicyclic amines) is 2. The monoisotopic (exact) mass is 487 g/mol. The lowest BCUT2D eigenvalue weighted by atomic mass is 9.64. The summed E-state index contributed by atoms with van der Waals surface area (Å²) < 4.78 is 0. The molecule has 4 fully saturated rings. The van der Waals surface area contributed by atoms with Crippen molar-refractivity contribution >= 4 is 5.91 Å². The maximum Gasteiger partial charge on any atom is 0.270 e. The minimum atomic E-state index is -0.227. The first-order valence-corrected chi connectivity index (χ1v) is 14.0. The second kappa shape index (κ2) is 8.47. The molecule has 190 valence electrons. The van der Waals surface area contributed by atoms with Gasteiger partial charge in [-0.3, -0.25) is 14.5 Å². The summed E-state index contributed by atoms with van der Waals surface area (Å²) in [5, 5.41) is 10.4. The maximum atomic E-state index is 13.6. The summed E-state index contributed by atoms with van der Waals surface area (Å²) >= 11 is 0. The molecule has 1 aromatic carbocycles. The molecule has 4 bridgehead atoms. The standard InChI is InChI=1S/C30H37N3O3/c34-23-8-7-20-15-27-30(10-2-12-32(27)17-19-5-6-19)11-9-26-24(14-21(20)13-23)22(16-30)18-33(26)29(36)25-3-1-4-28(35)31-25/h1,3-4,7-8,13,19,22,24,26-27,34H,2,5-6,9-12,14-18H2,(H,31,35)/t22-,24?,26+,27?,30?/m1/s1. The number of piperidine rings is 1. The number of carbonyl (C=O) groups is 1. The predicted octanol–water partition coefficient (Wildman–Crippen LogP) is 3.98. The number of rotatable bonds is 3. The largest absolute Gasteiger partial charge is 0.508 e. The number of hydrogen-bond acceptors (Lipinski definition) is 4. The molecular formula is C30H37N3O3.